The molecule has 0 heterocycles. The van der Waals surface area contributed by atoms with E-state index in [0.717, 1.165) is 27.5 Å². The van der Waals surface area contributed by atoms with Gasteiger partial charge in [0.1, 0.15) is 0 Å². The van der Waals surface area contributed by atoms with Crippen molar-refractivity contribution in [3.8, 4) is 27.5 Å². The van der Waals surface area contributed by atoms with Gasteiger partial charge in [0.15, 0.2) is 0 Å². The van der Waals surface area contributed by atoms with E-state index in [4.69, 9.17) is 31.6 Å². The summed E-state index contributed by atoms with van der Waals surface area (Å²) in [5, 5.41) is 51.6. The fourth-order valence-electron chi connectivity index (χ4n) is 0.250. The van der Waals surface area contributed by atoms with E-state index in [0.29, 0.717) is 0 Å². The van der Waals surface area contributed by atoms with E-state index in [1.54, 1.807) is 0 Å². The smallest absolute Gasteiger partial charge is 2.00 e. The number of nitriles is 6. The normalized spacial score (nSPS) is 11.6. The average Bonchev–Trinajstić information content (AvgIpc) is 2.26. The number of rotatable bonds is 0. The topological polar surface area (TPSA) is 143 Å². The monoisotopic (exact) mass is 477 g/mol. The van der Waals surface area contributed by atoms with Crippen molar-refractivity contribution in [1.82, 2.24) is 0 Å². The summed E-state index contributed by atoms with van der Waals surface area (Å²) >= 11 is -6.69. The Labute approximate surface area is 110 Å². The second-order valence-electron chi connectivity index (χ2n) is 1.70. The quantitative estimate of drug-likeness (QED) is 0.451. The number of hydrogen-bond donors (Lipinski definition) is 0. The van der Waals surface area contributed by atoms with Crippen LogP contribution in [0.25, 0.3) is 0 Å². The third-order valence-corrected chi connectivity index (χ3v) is 9.15. The van der Waals surface area contributed by atoms with Gasteiger partial charge in [-0.15, -0.1) is 0 Å². The van der Waals surface area contributed by atoms with Crippen molar-refractivity contribution in [2.75, 3.05) is 0 Å². The Morgan fingerprint density at radius 2 is 0.600 bits per heavy atom. The van der Waals surface area contributed by atoms with Gasteiger partial charge in [-0.1, -0.05) is 0 Å². The molecule has 0 amide bonds. The molecule has 0 aliphatic rings. The molecule has 6 nitrogen and oxygen atoms in total. The van der Waals surface area contributed by atoms with Gasteiger partial charge in [-0.3, -0.25) is 0 Å². The van der Waals surface area contributed by atoms with Crippen LogP contribution < -0.4 is 0 Å². The Bertz CT molecular complexity index is 395. The maximum absolute atomic E-state index is 8.60. The zero-order valence-corrected chi connectivity index (χ0v) is 15.8. The maximum Gasteiger partial charge on any atom is 2.00 e. The number of nitrogens with zero attached hydrogens (tertiary/aromatic N) is 6. The van der Waals surface area contributed by atoms with Crippen LogP contribution in [0.4, 0.5) is 0 Å². The van der Waals surface area contributed by atoms with E-state index in [1.807, 2.05) is 0 Å². The second kappa shape index (κ2) is 4.57. The minimum absolute atomic E-state index is 0. The van der Waals surface area contributed by atoms with Crippen LogP contribution in [0.5, 0.6) is 0 Å². The van der Waals surface area contributed by atoms with Crippen LogP contribution >= 0.6 is 0 Å². The van der Waals surface area contributed by atoms with Gasteiger partial charge in [0.2, 0.25) is 0 Å². The van der Waals surface area contributed by atoms with Gasteiger partial charge in [-0.2, -0.15) is 0 Å². The largest absolute Gasteiger partial charge is 2.00 e. The van der Waals surface area contributed by atoms with Crippen LogP contribution in [-0.2, 0) is 51.8 Å². The molecule has 67 valence electrons. The Kier molecular flexibility index (Phi) is 5.92. The van der Waals surface area contributed by atoms with Crippen LogP contribution in [0.3, 0.4) is 0 Å². The Hall–Kier alpha value is -1.16. The summed E-state index contributed by atoms with van der Waals surface area (Å²) in [5.41, 5.74) is 0. The maximum atomic E-state index is 8.60. The van der Waals surface area contributed by atoms with Crippen molar-refractivity contribution in [2.45, 2.75) is 0 Å². The van der Waals surface area contributed by atoms with Crippen LogP contribution in [0.1, 0.15) is 0 Å². The van der Waals surface area contributed by atoms with Crippen LogP contribution in [0.15, 0.2) is 0 Å². The molecule has 0 rings (SSSR count). The fourth-order valence-corrected chi connectivity index (χ4v) is 2.05. The Morgan fingerprint density at radius 3 is 0.600 bits per heavy atom. The van der Waals surface area contributed by atoms with Crippen LogP contribution in [0.2, 0.25) is 0 Å². The first kappa shape index (κ1) is 19.4. The molecule has 0 bridgehead atoms. The van der Waals surface area contributed by atoms with Crippen molar-refractivity contribution >= 4 is 0 Å². The SMILES string of the molecule is N#[C][Ir-4]([C]#N)([C]#N)([C]#N)([C]#N)[C]#N.[Zn+2].[Zn+2]. The molecule has 0 aromatic carbocycles. The molecule has 0 aliphatic carbocycles. The van der Waals surface area contributed by atoms with E-state index in [2.05, 4.69) is 0 Å². The number of hydrogen-bond acceptors (Lipinski definition) is 6. The van der Waals surface area contributed by atoms with Crippen molar-refractivity contribution < 1.29 is 51.8 Å². The average molecular weight is 479 g/mol. The van der Waals surface area contributed by atoms with Crippen LogP contribution in [-0.4, -0.2) is 0 Å². The van der Waals surface area contributed by atoms with Gasteiger partial charge in [-0.25, -0.2) is 0 Å². The molecule has 0 spiro atoms. The van der Waals surface area contributed by atoms with E-state index in [9.17, 15) is 0 Å². The zero-order valence-electron chi connectivity index (χ0n) is 7.43. The first-order valence-corrected chi connectivity index (χ1v) is 9.53. The van der Waals surface area contributed by atoms with E-state index < -0.39 is 12.9 Å². The summed E-state index contributed by atoms with van der Waals surface area (Å²) < 4.78 is 6.44. The summed E-state index contributed by atoms with van der Waals surface area (Å²) in [6.07, 6.45) is 0. The van der Waals surface area contributed by atoms with Gasteiger partial charge < -0.3 is 0 Å². The second-order valence-corrected chi connectivity index (χ2v) is 13.9. The molecule has 0 aromatic heterocycles. The minimum Gasteiger partial charge on any atom is 2.00 e. The van der Waals surface area contributed by atoms with E-state index in [-0.39, 0.29) is 39.0 Å². The summed E-state index contributed by atoms with van der Waals surface area (Å²) in [6, 6.07) is 0. The molecule has 0 unspecified atom stereocenters. The third-order valence-electron chi connectivity index (χ3n) is 1.12. The molecule has 0 fully saturated rings. The molecular weight excluding hydrogens is 479 g/mol. The van der Waals surface area contributed by atoms with Gasteiger partial charge >= 0.3 is 111 Å². The van der Waals surface area contributed by atoms with Crippen molar-refractivity contribution in [3.05, 3.63) is 0 Å². The van der Waals surface area contributed by atoms with Gasteiger partial charge in [0, 0.05) is 0 Å². The predicted molar refractivity (Wildman–Crippen MR) is 33.7 cm³/mol. The molecule has 0 radical (unpaired) electrons. The standard InChI is InChI=1S/6CN.Ir.2Zn/c6*1-2;;;/q;;;;;;-4;2*+2. The summed E-state index contributed by atoms with van der Waals surface area (Å²) in [7, 11) is 0. The first-order chi connectivity index (χ1) is 5.97. The molecule has 0 aliphatic heterocycles. The zero-order chi connectivity index (χ0) is 10.7. The Morgan fingerprint density at radius 1 is 0.467 bits per heavy atom. The molecule has 0 saturated heterocycles. The van der Waals surface area contributed by atoms with Gasteiger partial charge in [0.05, 0.1) is 0 Å². The molecule has 0 N–H and O–H groups in total. The molecule has 0 saturated carbocycles. The fraction of sp³-hybridized carbons (Fsp3) is 0. The van der Waals surface area contributed by atoms with Crippen molar-refractivity contribution in [3.63, 3.8) is 0 Å². The van der Waals surface area contributed by atoms with E-state index in [1.165, 1.54) is 0 Å². The molecular formula is C6IrN6Zn2. The van der Waals surface area contributed by atoms with E-state index >= 15 is 0 Å². The minimum atomic E-state index is -6.69. The first-order valence-electron chi connectivity index (χ1n) is 2.34. The van der Waals surface area contributed by atoms with Gasteiger partial charge in [0.25, 0.3) is 0 Å². The molecule has 9 heteroatoms. The van der Waals surface area contributed by atoms with Crippen LogP contribution in [0, 0.1) is 59.1 Å². The van der Waals surface area contributed by atoms with Crippen molar-refractivity contribution in [2.24, 2.45) is 0 Å². The molecule has 0 atom stereocenters. The predicted octanol–water partition coefficient (Wildman–Crippen LogP) is 0.0932. The summed E-state index contributed by atoms with van der Waals surface area (Å²) in [5.74, 6) is 0. The van der Waals surface area contributed by atoms with Gasteiger partial charge in [-0.05, 0) is 0 Å². The summed E-state index contributed by atoms with van der Waals surface area (Å²) in [6.45, 7) is 0. The molecule has 0 aromatic rings. The molecule has 15 heavy (non-hydrogen) atoms. The third kappa shape index (κ3) is 1.81. The summed E-state index contributed by atoms with van der Waals surface area (Å²) in [4.78, 5) is 0. The van der Waals surface area contributed by atoms with Crippen molar-refractivity contribution in [1.29, 1.82) is 31.6 Å². The Balaban J connectivity index is -0.000000720.